The van der Waals surface area contributed by atoms with Crippen LogP contribution in [0.3, 0.4) is 0 Å². The number of hydrogen-bond acceptors (Lipinski definition) is 4. The van der Waals surface area contributed by atoms with Crippen LogP contribution in [0.5, 0.6) is 0 Å². The SMILES string of the molecule is CCCCCS(=O)(=O)S(=O)(=O)c1ccc(C)cc1. The summed E-state index contributed by atoms with van der Waals surface area (Å²) in [5.41, 5.74) is 0.886. The average Bonchev–Trinajstić information content (AvgIpc) is 2.29. The van der Waals surface area contributed by atoms with E-state index in [1.165, 1.54) is 12.1 Å². The van der Waals surface area contributed by atoms with Crippen molar-refractivity contribution in [2.24, 2.45) is 0 Å². The van der Waals surface area contributed by atoms with Crippen molar-refractivity contribution in [1.29, 1.82) is 0 Å². The van der Waals surface area contributed by atoms with Crippen LogP contribution in [-0.4, -0.2) is 22.6 Å². The van der Waals surface area contributed by atoms with Gasteiger partial charge in [0.25, 0.3) is 17.7 Å². The molecule has 6 heteroatoms. The molecule has 1 rings (SSSR count). The Balaban J connectivity index is 3.02. The van der Waals surface area contributed by atoms with E-state index in [-0.39, 0.29) is 10.6 Å². The molecule has 0 saturated heterocycles. The van der Waals surface area contributed by atoms with Crippen molar-refractivity contribution in [2.45, 2.75) is 38.0 Å². The van der Waals surface area contributed by atoms with Gasteiger partial charge in [-0.3, -0.25) is 0 Å². The first-order valence-electron chi connectivity index (χ1n) is 5.85. The van der Waals surface area contributed by atoms with E-state index in [2.05, 4.69) is 0 Å². The summed E-state index contributed by atoms with van der Waals surface area (Å²) in [5.74, 6) is -0.308. The highest BCUT2D eigenvalue weighted by Crippen LogP contribution is 2.19. The van der Waals surface area contributed by atoms with Crippen molar-refractivity contribution >= 4 is 17.7 Å². The van der Waals surface area contributed by atoms with Crippen LogP contribution >= 0.6 is 0 Å². The molecule has 0 radical (unpaired) electrons. The van der Waals surface area contributed by atoms with Crippen LogP contribution in [0.25, 0.3) is 0 Å². The normalized spacial score (nSPS) is 12.6. The van der Waals surface area contributed by atoms with Crippen LogP contribution in [0, 0.1) is 6.92 Å². The molecule has 1 aromatic carbocycles. The van der Waals surface area contributed by atoms with E-state index >= 15 is 0 Å². The Morgan fingerprint density at radius 1 is 0.944 bits per heavy atom. The van der Waals surface area contributed by atoms with Gasteiger partial charge in [-0.25, -0.2) is 16.8 Å². The number of hydrogen-bond donors (Lipinski definition) is 0. The largest absolute Gasteiger partial charge is 0.282 e. The first-order valence-corrected chi connectivity index (χ1v) is 9.51. The molecule has 0 aliphatic rings. The van der Waals surface area contributed by atoms with Gasteiger partial charge in [0.05, 0.1) is 10.6 Å². The van der Waals surface area contributed by atoms with E-state index in [9.17, 15) is 16.8 Å². The Kier molecular flexibility index (Phi) is 4.92. The van der Waals surface area contributed by atoms with Crippen LogP contribution in [0.1, 0.15) is 31.7 Å². The molecule has 0 aliphatic heterocycles. The predicted octanol–water partition coefficient (Wildman–Crippen LogP) is 2.29. The summed E-state index contributed by atoms with van der Waals surface area (Å²) in [4.78, 5) is -0.149. The molecule has 0 spiro atoms. The number of aryl methyl sites for hydroxylation is 1. The number of rotatable bonds is 6. The van der Waals surface area contributed by atoms with Crippen molar-refractivity contribution < 1.29 is 16.8 Å². The Hall–Kier alpha value is -0.880. The maximum Gasteiger partial charge on any atom is 0.282 e. The molecule has 0 amide bonds. The van der Waals surface area contributed by atoms with Gasteiger partial charge in [0.2, 0.25) is 0 Å². The Morgan fingerprint density at radius 2 is 1.50 bits per heavy atom. The first-order chi connectivity index (χ1) is 8.31. The van der Waals surface area contributed by atoms with Crippen LogP contribution in [0.2, 0.25) is 0 Å². The lowest BCUT2D eigenvalue weighted by molar-refractivity contribution is 0.580. The van der Waals surface area contributed by atoms with Crippen molar-refractivity contribution in [3.8, 4) is 0 Å². The lowest BCUT2D eigenvalue weighted by Crippen LogP contribution is -2.19. The van der Waals surface area contributed by atoms with Crippen LogP contribution in [0.4, 0.5) is 0 Å². The van der Waals surface area contributed by atoms with Gasteiger partial charge in [0.1, 0.15) is 0 Å². The minimum Gasteiger partial charge on any atom is -0.212 e. The van der Waals surface area contributed by atoms with Crippen LogP contribution in [-0.2, 0) is 17.7 Å². The monoisotopic (exact) mass is 290 g/mol. The summed E-state index contributed by atoms with van der Waals surface area (Å²) in [5, 5.41) is 0. The second kappa shape index (κ2) is 5.84. The molecule has 0 aliphatic carbocycles. The van der Waals surface area contributed by atoms with Crippen LogP contribution in [0.15, 0.2) is 29.2 Å². The fourth-order valence-corrected chi connectivity index (χ4v) is 5.25. The van der Waals surface area contributed by atoms with Gasteiger partial charge in [-0.15, -0.1) is 0 Å². The molecule has 0 bridgehead atoms. The van der Waals surface area contributed by atoms with Crippen molar-refractivity contribution in [3.63, 3.8) is 0 Å². The van der Waals surface area contributed by atoms with Gasteiger partial charge in [-0.2, -0.15) is 0 Å². The quantitative estimate of drug-likeness (QED) is 0.595. The predicted molar refractivity (Wildman–Crippen MR) is 71.7 cm³/mol. The summed E-state index contributed by atoms with van der Waals surface area (Å²) in [6, 6.07) is 5.85. The molecule has 1 aromatic rings. The smallest absolute Gasteiger partial charge is 0.212 e. The Labute approximate surface area is 108 Å². The van der Waals surface area contributed by atoms with E-state index in [0.717, 1.165) is 12.0 Å². The van der Waals surface area contributed by atoms with Gasteiger partial charge < -0.3 is 0 Å². The van der Waals surface area contributed by atoms with E-state index < -0.39 is 17.7 Å². The maximum atomic E-state index is 12.0. The zero-order valence-electron chi connectivity index (χ0n) is 10.6. The standard InChI is InChI=1S/C12H18O4S2/c1-3-4-5-10-17(13,14)18(15,16)12-8-6-11(2)7-9-12/h6-9H,3-5,10H2,1-2H3. The highest BCUT2D eigenvalue weighted by atomic mass is 33.2. The highest BCUT2D eigenvalue weighted by Gasteiger charge is 2.30. The van der Waals surface area contributed by atoms with Crippen LogP contribution < -0.4 is 0 Å². The van der Waals surface area contributed by atoms with E-state index in [1.807, 2.05) is 13.8 Å². The number of unbranched alkanes of at least 4 members (excludes halogenated alkanes) is 2. The lowest BCUT2D eigenvalue weighted by Gasteiger charge is -2.06. The summed E-state index contributed by atoms with van der Waals surface area (Å²) in [6.07, 6.45) is 1.94. The molecule has 0 N–H and O–H groups in total. The summed E-state index contributed by atoms with van der Waals surface area (Å²) in [7, 11) is -8.39. The zero-order valence-corrected chi connectivity index (χ0v) is 12.2. The first kappa shape index (κ1) is 15.2. The Morgan fingerprint density at radius 3 is 2.00 bits per heavy atom. The van der Waals surface area contributed by atoms with Crippen molar-refractivity contribution in [1.82, 2.24) is 0 Å². The molecule has 102 valence electrons. The van der Waals surface area contributed by atoms with Gasteiger partial charge in [0.15, 0.2) is 0 Å². The summed E-state index contributed by atoms with van der Waals surface area (Å²) >= 11 is 0. The molecular weight excluding hydrogens is 272 g/mol. The molecule has 18 heavy (non-hydrogen) atoms. The van der Waals surface area contributed by atoms with Gasteiger partial charge in [-0.1, -0.05) is 37.5 Å². The molecule has 0 saturated carbocycles. The second-order valence-corrected chi connectivity index (χ2v) is 9.98. The fourth-order valence-electron chi connectivity index (χ4n) is 1.49. The third-order valence-electron chi connectivity index (χ3n) is 2.64. The fraction of sp³-hybridized carbons (Fsp3) is 0.500. The number of benzene rings is 1. The topological polar surface area (TPSA) is 68.3 Å². The van der Waals surface area contributed by atoms with Gasteiger partial charge in [-0.05, 0) is 25.5 Å². The second-order valence-electron chi connectivity index (χ2n) is 4.24. The molecule has 0 fully saturated rings. The Bertz CT molecular complexity index is 583. The molecule has 0 unspecified atom stereocenters. The van der Waals surface area contributed by atoms with E-state index in [1.54, 1.807) is 12.1 Å². The van der Waals surface area contributed by atoms with Gasteiger partial charge in [0, 0.05) is 0 Å². The van der Waals surface area contributed by atoms with Crippen molar-refractivity contribution in [2.75, 3.05) is 5.75 Å². The maximum absolute atomic E-state index is 12.0. The third kappa shape index (κ3) is 3.32. The molecule has 0 aromatic heterocycles. The molecular formula is C12H18O4S2. The molecule has 0 heterocycles. The zero-order chi connectivity index (χ0) is 13.8. The van der Waals surface area contributed by atoms with E-state index in [0.29, 0.717) is 12.8 Å². The lowest BCUT2D eigenvalue weighted by atomic mass is 10.2. The average molecular weight is 290 g/mol. The highest BCUT2D eigenvalue weighted by molar-refractivity contribution is 8.67. The van der Waals surface area contributed by atoms with Gasteiger partial charge >= 0.3 is 0 Å². The molecule has 0 atom stereocenters. The van der Waals surface area contributed by atoms with Crippen molar-refractivity contribution in [3.05, 3.63) is 29.8 Å². The summed E-state index contributed by atoms with van der Waals surface area (Å²) in [6.45, 7) is 3.74. The molecule has 4 nitrogen and oxygen atoms in total. The minimum atomic E-state index is -4.26. The third-order valence-corrected chi connectivity index (χ3v) is 8.03. The minimum absolute atomic E-state index is 0.149. The van der Waals surface area contributed by atoms with E-state index in [4.69, 9.17) is 0 Å². The summed E-state index contributed by atoms with van der Waals surface area (Å²) < 4.78 is 47.6.